The number of benzene rings is 2. The van der Waals surface area contributed by atoms with Crippen LogP contribution >= 0.6 is 23.2 Å². The highest BCUT2D eigenvalue weighted by molar-refractivity contribution is 6.42. The van der Waals surface area contributed by atoms with Crippen LogP contribution in [-0.4, -0.2) is 14.2 Å². The largest absolute Gasteiger partial charge is 0.493 e. The first-order chi connectivity index (χ1) is 10.1. The molecule has 0 spiro atoms. The number of halogens is 2. The fraction of sp³-hybridized carbons (Fsp3) is 0.250. The van der Waals surface area contributed by atoms with Gasteiger partial charge in [-0.3, -0.25) is 0 Å². The summed E-state index contributed by atoms with van der Waals surface area (Å²) in [5, 5.41) is 1.02. The SMILES string of the molecule is COc1ccc(CC(N)c2cccc(Cl)c2Cl)cc1OC. The van der Waals surface area contributed by atoms with Gasteiger partial charge in [-0.05, 0) is 35.7 Å². The van der Waals surface area contributed by atoms with Crippen LogP contribution in [0.15, 0.2) is 36.4 Å². The predicted molar refractivity (Wildman–Crippen MR) is 86.6 cm³/mol. The van der Waals surface area contributed by atoms with Crippen molar-refractivity contribution in [1.82, 2.24) is 0 Å². The minimum Gasteiger partial charge on any atom is -0.493 e. The van der Waals surface area contributed by atoms with E-state index < -0.39 is 0 Å². The number of nitrogens with two attached hydrogens (primary N) is 1. The van der Waals surface area contributed by atoms with Gasteiger partial charge in [0, 0.05) is 6.04 Å². The van der Waals surface area contributed by atoms with E-state index in [1.807, 2.05) is 30.3 Å². The molecule has 0 aliphatic heterocycles. The topological polar surface area (TPSA) is 44.5 Å². The molecule has 0 saturated heterocycles. The third-order valence-corrected chi connectivity index (χ3v) is 4.12. The Kier molecular flexibility index (Phi) is 5.34. The standard InChI is InChI=1S/C16H17Cl2NO2/c1-20-14-7-6-10(9-15(14)21-2)8-13(19)11-4-3-5-12(17)16(11)18/h3-7,9,13H,8,19H2,1-2H3. The Balaban J connectivity index is 2.23. The molecule has 1 unspecified atom stereocenters. The first kappa shape index (κ1) is 16.0. The van der Waals surface area contributed by atoms with Crippen LogP contribution in [0.25, 0.3) is 0 Å². The maximum Gasteiger partial charge on any atom is 0.160 e. The van der Waals surface area contributed by atoms with E-state index in [4.69, 9.17) is 38.4 Å². The molecule has 0 aliphatic rings. The van der Waals surface area contributed by atoms with Crippen LogP contribution in [-0.2, 0) is 6.42 Å². The van der Waals surface area contributed by atoms with E-state index in [2.05, 4.69) is 0 Å². The predicted octanol–water partition coefficient (Wildman–Crippen LogP) is 4.25. The Morgan fingerprint density at radius 1 is 1.05 bits per heavy atom. The van der Waals surface area contributed by atoms with Gasteiger partial charge in [0.15, 0.2) is 11.5 Å². The van der Waals surface area contributed by atoms with E-state index in [0.717, 1.165) is 11.1 Å². The monoisotopic (exact) mass is 325 g/mol. The normalized spacial score (nSPS) is 12.0. The summed E-state index contributed by atoms with van der Waals surface area (Å²) < 4.78 is 10.5. The van der Waals surface area contributed by atoms with Gasteiger partial charge in [-0.2, -0.15) is 0 Å². The van der Waals surface area contributed by atoms with Gasteiger partial charge in [-0.1, -0.05) is 41.4 Å². The van der Waals surface area contributed by atoms with Crippen LogP contribution in [0.1, 0.15) is 17.2 Å². The number of hydrogen-bond acceptors (Lipinski definition) is 3. The Bertz CT molecular complexity index is 632. The van der Waals surface area contributed by atoms with E-state index in [1.165, 1.54) is 0 Å². The van der Waals surface area contributed by atoms with Crippen molar-refractivity contribution < 1.29 is 9.47 Å². The molecule has 0 aliphatic carbocycles. The van der Waals surface area contributed by atoms with Gasteiger partial charge in [0.25, 0.3) is 0 Å². The van der Waals surface area contributed by atoms with Crippen LogP contribution < -0.4 is 15.2 Å². The third-order valence-electron chi connectivity index (χ3n) is 3.28. The molecule has 5 heteroatoms. The van der Waals surface area contributed by atoms with Crippen molar-refractivity contribution in [3.05, 3.63) is 57.6 Å². The number of hydrogen-bond donors (Lipinski definition) is 1. The zero-order valence-electron chi connectivity index (χ0n) is 11.9. The summed E-state index contributed by atoms with van der Waals surface area (Å²) in [6.07, 6.45) is 0.625. The summed E-state index contributed by atoms with van der Waals surface area (Å²) in [7, 11) is 3.21. The zero-order chi connectivity index (χ0) is 15.4. The molecule has 21 heavy (non-hydrogen) atoms. The molecule has 2 N–H and O–H groups in total. The molecular formula is C16H17Cl2NO2. The fourth-order valence-corrected chi connectivity index (χ4v) is 2.63. The van der Waals surface area contributed by atoms with Crippen LogP contribution in [0.3, 0.4) is 0 Å². The Morgan fingerprint density at radius 2 is 1.76 bits per heavy atom. The molecule has 0 radical (unpaired) electrons. The number of rotatable bonds is 5. The molecule has 2 aromatic rings. The second kappa shape index (κ2) is 7.03. The lowest BCUT2D eigenvalue weighted by Crippen LogP contribution is -2.14. The van der Waals surface area contributed by atoms with E-state index in [9.17, 15) is 0 Å². The summed E-state index contributed by atoms with van der Waals surface area (Å²) >= 11 is 12.2. The first-order valence-electron chi connectivity index (χ1n) is 6.47. The molecular weight excluding hydrogens is 309 g/mol. The second-order valence-electron chi connectivity index (χ2n) is 4.64. The minimum absolute atomic E-state index is 0.241. The highest BCUT2D eigenvalue weighted by Gasteiger charge is 2.14. The molecule has 0 heterocycles. The summed E-state index contributed by atoms with van der Waals surface area (Å²) in [6, 6.07) is 11.0. The van der Waals surface area contributed by atoms with Gasteiger partial charge in [-0.15, -0.1) is 0 Å². The lowest BCUT2D eigenvalue weighted by Gasteiger charge is -2.16. The molecule has 2 aromatic carbocycles. The van der Waals surface area contributed by atoms with Crippen LogP contribution in [0.4, 0.5) is 0 Å². The van der Waals surface area contributed by atoms with E-state index in [1.54, 1.807) is 20.3 Å². The molecule has 0 bridgehead atoms. The van der Waals surface area contributed by atoms with Crippen molar-refractivity contribution in [3.8, 4) is 11.5 Å². The smallest absolute Gasteiger partial charge is 0.160 e. The van der Waals surface area contributed by atoms with Crippen LogP contribution in [0.5, 0.6) is 11.5 Å². The molecule has 0 fully saturated rings. The highest BCUT2D eigenvalue weighted by Crippen LogP contribution is 2.32. The lowest BCUT2D eigenvalue weighted by atomic mass is 9.99. The van der Waals surface area contributed by atoms with Crippen LogP contribution in [0.2, 0.25) is 10.0 Å². The van der Waals surface area contributed by atoms with E-state index >= 15 is 0 Å². The molecule has 1 atom stereocenters. The van der Waals surface area contributed by atoms with Crippen molar-refractivity contribution in [3.63, 3.8) is 0 Å². The van der Waals surface area contributed by atoms with Gasteiger partial charge in [0.1, 0.15) is 0 Å². The van der Waals surface area contributed by atoms with Crippen molar-refractivity contribution in [2.45, 2.75) is 12.5 Å². The van der Waals surface area contributed by atoms with Crippen molar-refractivity contribution in [1.29, 1.82) is 0 Å². The lowest BCUT2D eigenvalue weighted by molar-refractivity contribution is 0.354. The van der Waals surface area contributed by atoms with Crippen molar-refractivity contribution >= 4 is 23.2 Å². The Labute approximate surface area is 134 Å². The van der Waals surface area contributed by atoms with Crippen LogP contribution in [0, 0.1) is 0 Å². The number of methoxy groups -OCH3 is 2. The quantitative estimate of drug-likeness (QED) is 0.893. The fourth-order valence-electron chi connectivity index (χ4n) is 2.18. The average Bonchev–Trinajstić information content (AvgIpc) is 2.49. The average molecular weight is 326 g/mol. The molecule has 0 aromatic heterocycles. The van der Waals surface area contributed by atoms with Gasteiger partial charge < -0.3 is 15.2 Å². The summed E-state index contributed by atoms with van der Waals surface area (Å²) in [5.41, 5.74) is 8.11. The van der Waals surface area contributed by atoms with Crippen molar-refractivity contribution in [2.24, 2.45) is 5.73 Å². The van der Waals surface area contributed by atoms with Gasteiger partial charge in [-0.25, -0.2) is 0 Å². The molecule has 0 amide bonds. The minimum atomic E-state index is -0.241. The summed E-state index contributed by atoms with van der Waals surface area (Å²) in [4.78, 5) is 0. The molecule has 2 rings (SSSR count). The van der Waals surface area contributed by atoms with Gasteiger partial charge >= 0.3 is 0 Å². The maximum atomic E-state index is 6.24. The summed E-state index contributed by atoms with van der Waals surface area (Å²) in [6.45, 7) is 0. The van der Waals surface area contributed by atoms with E-state index in [0.29, 0.717) is 28.0 Å². The maximum absolute atomic E-state index is 6.24. The highest BCUT2D eigenvalue weighted by atomic mass is 35.5. The molecule has 0 saturated carbocycles. The van der Waals surface area contributed by atoms with Gasteiger partial charge in [0.05, 0.1) is 24.3 Å². The van der Waals surface area contributed by atoms with E-state index in [-0.39, 0.29) is 6.04 Å². The molecule has 3 nitrogen and oxygen atoms in total. The third kappa shape index (κ3) is 3.62. The number of ether oxygens (including phenoxy) is 2. The molecule has 112 valence electrons. The Morgan fingerprint density at radius 3 is 2.43 bits per heavy atom. The second-order valence-corrected chi connectivity index (χ2v) is 5.43. The summed E-state index contributed by atoms with van der Waals surface area (Å²) in [5.74, 6) is 1.37. The first-order valence-corrected chi connectivity index (χ1v) is 7.22. The Hall–Kier alpha value is -1.42. The van der Waals surface area contributed by atoms with Crippen molar-refractivity contribution in [2.75, 3.05) is 14.2 Å². The zero-order valence-corrected chi connectivity index (χ0v) is 13.4. The van der Waals surface area contributed by atoms with Gasteiger partial charge in [0.2, 0.25) is 0 Å².